The van der Waals surface area contributed by atoms with Crippen molar-refractivity contribution in [2.24, 2.45) is 11.1 Å². The van der Waals surface area contributed by atoms with Crippen LogP contribution >= 0.6 is 0 Å². The average molecular weight is 453 g/mol. The van der Waals surface area contributed by atoms with Crippen molar-refractivity contribution in [3.05, 3.63) is 52.8 Å². The standard InChI is InChI=1S/C24H24FN3O5/c25-17-8-15(22-16(9-17)12-32-13-33-22)11-28-20-10-18(6-7-19(20)21(27-31)24(28)30)26-23(29)14-4-2-1-3-5-14/h6-10,14,31H,1-5,11-13H2,(H,26,29)/b27-21-. The summed E-state index contributed by atoms with van der Waals surface area (Å²) in [6, 6.07) is 7.68. The van der Waals surface area contributed by atoms with Gasteiger partial charge in [-0.25, -0.2) is 4.39 Å². The topological polar surface area (TPSA) is 100 Å². The zero-order chi connectivity index (χ0) is 22.9. The van der Waals surface area contributed by atoms with Gasteiger partial charge < -0.3 is 24.9 Å². The summed E-state index contributed by atoms with van der Waals surface area (Å²) in [6.07, 6.45) is 4.99. The second-order valence-electron chi connectivity index (χ2n) is 8.56. The van der Waals surface area contributed by atoms with Gasteiger partial charge in [0.05, 0.1) is 18.8 Å². The molecule has 0 spiro atoms. The molecule has 2 heterocycles. The van der Waals surface area contributed by atoms with Gasteiger partial charge in [0, 0.05) is 28.3 Å². The normalized spacial score (nSPS) is 19.2. The molecule has 2 aromatic rings. The van der Waals surface area contributed by atoms with Crippen LogP contribution in [0.15, 0.2) is 35.5 Å². The average Bonchev–Trinajstić information content (AvgIpc) is 3.09. The number of anilines is 2. The van der Waals surface area contributed by atoms with E-state index in [1.54, 1.807) is 18.2 Å². The van der Waals surface area contributed by atoms with Crippen molar-refractivity contribution in [3.63, 3.8) is 0 Å². The molecule has 1 saturated carbocycles. The summed E-state index contributed by atoms with van der Waals surface area (Å²) in [5.41, 5.74) is 2.39. The van der Waals surface area contributed by atoms with E-state index in [1.807, 2.05) is 0 Å². The second-order valence-corrected chi connectivity index (χ2v) is 8.56. The molecule has 2 aliphatic heterocycles. The van der Waals surface area contributed by atoms with Crippen LogP contribution < -0.4 is 15.0 Å². The highest BCUT2D eigenvalue weighted by molar-refractivity contribution is 6.54. The number of benzene rings is 2. The number of halogens is 1. The number of carbonyl (C=O) groups is 2. The monoisotopic (exact) mass is 453 g/mol. The number of rotatable bonds is 4. The van der Waals surface area contributed by atoms with E-state index < -0.39 is 11.7 Å². The Morgan fingerprint density at radius 1 is 1.21 bits per heavy atom. The van der Waals surface area contributed by atoms with Gasteiger partial charge in [-0.05, 0) is 43.2 Å². The summed E-state index contributed by atoms with van der Waals surface area (Å²) in [6.45, 7) is 0.257. The van der Waals surface area contributed by atoms with Crippen molar-refractivity contribution >= 4 is 28.9 Å². The minimum absolute atomic E-state index is 0.00493. The summed E-state index contributed by atoms with van der Waals surface area (Å²) in [5, 5.41) is 15.6. The molecule has 1 fully saturated rings. The van der Waals surface area contributed by atoms with E-state index in [0.717, 1.165) is 32.1 Å². The van der Waals surface area contributed by atoms with Crippen LogP contribution in [0.5, 0.6) is 5.75 Å². The van der Waals surface area contributed by atoms with Gasteiger partial charge in [-0.2, -0.15) is 0 Å². The number of oxime groups is 1. The maximum Gasteiger partial charge on any atom is 0.281 e. The van der Waals surface area contributed by atoms with Crippen LogP contribution in [0.1, 0.15) is 48.8 Å². The zero-order valence-corrected chi connectivity index (χ0v) is 18.0. The zero-order valence-electron chi connectivity index (χ0n) is 18.0. The molecule has 1 aliphatic carbocycles. The van der Waals surface area contributed by atoms with Crippen molar-refractivity contribution < 1.29 is 28.7 Å². The van der Waals surface area contributed by atoms with Crippen LogP contribution in [0.25, 0.3) is 0 Å². The fourth-order valence-electron chi connectivity index (χ4n) is 4.79. The van der Waals surface area contributed by atoms with E-state index in [-0.39, 0.29) is 37.5 Å². The third-order valence-electron chi connectivity index (χ3n) is 6.42. The number of nitrogens with one attached hydrogen (secondary N) is 1. The van der Waals surface area contributed by atoms with Gasteiger partial charge in [0.1, 0.15) is 11.6 Å². The van der Waals surface area contributed by atoms with Crippen molar-refractivity contribution in [1.29, 1.82) is 0 Å². The maximum atomic E-state index is 14.2. The fraction of sp³-hybridized carbons (Fsp3) is 0.375. The molecule has 0 radical (unpaired) electrons. The van der Waals surface area contributed by atoms with E-state index in [1.165, 1.54) is 17.0 Å². The lowest BCUT2D eigenvalue weighted by Gasteiger charge is -2.24. The Kier molecular flexibility index (Phi) is 5.72. The van der Waals surface area contributed by atoms with Gasteiger partial charge in [0.2, 0.25) is 5.91 Å². The number of ether oxygens (including phenoxy) is 2. The molecule has 2 aromatic carbocycles. The second kappa shape index (κ2) is 8.82. The summed E-state index contributed by atoms with van der Waals surface area (Å²) in [4.78, 5) is 27.1. The first-order chi connectivity index (χ1) is 16.0. The molecule has 0 aromatic heterocycles. The largest absolute Gasteiger partial charge is 0.467 e. The summed E-state index contributed by atoms with van der Waals surface area (Å²) < 4.78 is 25.0. The van der Waals surface area contributed by atoms with Crippen molar-refractivity contribution in [2.75, 3.05) is 17.0 Å². The van der Waals surface area contributed by atoms with Crippen LogP contribution in [0.3, 0.4) is 0 Å². The Labute approximate surface area is 190 Å². The smallest absolute Gasteiger partial charge is 0.281 e. The molecule has 0 unspecified atom stereocenters. The molecule has 3 aliphatic rings. The Morgan fingerprint density at radius 3 is 2.82 bits per heavy atom. The molecule has 0 bridgehead atoms. The Balaban J connectivity index is 1.46. The molecule has 0 atom stereocenters. The minimum Gasteiger partial charge on any atom is -0.467 e. The lowest BCUT2D eigenvalue weighted by atomic mass is 9.88. The van der Waals surface area contributed by atoms with E-state index in [9.17, 15) is 19.2 Å². The van der Waals surface area contributed by atoms with Crippen LogP contribution in [-0.4, -0.2) is 29.5 Å². The van der Waals surface area contributed by atoms with Crippen molar-refractivity contribution in [1.82, 2.24) is 0 Å². The molecule has 9 heteroatoms. The number of hydrogen-bond acceptors (Lipinski definition) is 6. The number of carbonyl (C=O) groups excluding carboxylic acids is 2. The summed E-state index contributed by atoms with van der Waals surface area (Å²) in [7, 11) is 0. The maximum absolute atomic E-state index is 14.2. The molecule has 172 valence electrons. The molecule has 33 heavy (non-hydrogen) atoms. The molecular weight excluding hydrogens is 429 g/mol. The van der Waals surface area contributed by atoms with Gasteiger partial charge in [0.15, 0.2) is 12.5 Å². The highest BCUT2D eigenvalue weighted by Gasteiger charge is 2.36. The fourth-order valence-corrected chi connectivity index (χ4v) is 4.79. The molecule has 0 saturated heterocycles. The van der Waals surface area contributed by atoms with Crippen LogP contribution in [0, 0.1) is 11.7 Å². The van der Waals surface area contributed by atoms with Crippen LogP contribution in [-0.2, 0) is 27.5 Å². The van der Waals surface area contributed by atoms with Gasteiger partial charge in [-0.15, -0.1) is 0 Å². The van der Waals surface area contributed by atoms with Crippen LogP contribution in [0.4, 0.5) is 15.8 Å². The van der Waals surface area contributed by atoms with Gasteiger partial charge >= 0.3 is 0 Å². The Morgan fingerprint density at radius 2 is 2.03 bits per heavy atom. The highest BCUT2D eigenvalue weighted by atomic mass is 19.1. The summed E-state index contributed by atoms with van der Waals surface area (Å²) >= 11 is 0. The third-order valence-corrected chi connectivity index (χ3v) is 6.42. The van der Waals surface area contributed by atoms with Crippen molar-refractivity contribution in [2.45, 2.75) is 45.3 Å². The van der Waals surface area contributed by atoms with Gasteiger partial charge in [-0.3, -0.25) is 9.59 Å². The highest BCUT2D eigenvalue weighted by Crippen LogP contribution is 2.37. The summed E-state index contributed by atoms with van der Waals surface area (Å²) in [5.74, 6) is -0.553. The minimum atomic E-state index is -0.520. The lowest BCUT2D eigenvalue weighted by molar-refractivity contribution is -0.120. The van der Waals surface area contributed by atoms with Crippen LogP contribution in [0.2, 0.25) is 0 Å². The van der Waals surface area contributed by atoms with E-state index in [2.05, 4.69) is 10.5 Å². The molecular formula is C24H24FN3O5. The molecule has 2 amide bonds. The molecule has 5 rings (SSSR count). The Bertz CT molecular complexity index is 1140. The SMILES string of the molecule is O=C(Nc1ccc2c(c1)N(Cc1cc(F)cc3c1OCOC3)C(=O)/C2=N\O)C1CCCCC1. The number of hydrogen-bond donors (Lipinski definition) is 2. The molecule has 2 N–H and O–H groups in total. The number of fused-ring (bicyclic) bond motifs is 2. The number of amides is 2. The predicted molar refractivity (Wildman–Crippen MR) is 118 cm³/mol. The number of nitrogens with zero attached hydrogens (tertiary/aromatic N) is 2. The van der Waals surface area contributed by atoms with Gasteiger partial charge in [-0.1, -0.05) is 24.4 Å². The first-order valence-corrected chi connectivity index (χ1v) is 11.1. The van der Waals surface area contributed by atoms with Gasteiger partial charge in [0.25, 0.3) is 5.91 Å². The van der Waals surface area contributed by atoms with E-state index in [0.29, 0.717) is 33.8 Å². The lowest BCUT2D eigenvalue weighted by Crippen LogP contribution is -2.30. The van der Waals surface area contributed by atoms with E-state index in [4.69, 9.17) is 9.47 Å². The van der Waals surface area contributed by atoms with E-state index >= 15 is 0 Å². The van der Waals surface area contributed by atoms with Crippen molar-refractivity contribution in [3.8, 4) is 5.75 Å². The first-order valence-electron chi connectivity index (χ1n) is 11.1. The first kappa shape index (κ1) is 21.4. The third kappa shape index (κ3) is 4.04. The quantitative estimate of drug-likeness (QED) is 0.540. The molecule has 8 nitrogen and oxygen atoms in total. The Hall–Kier alpha value is -3.46. The predicted octanol–water partition coefficient (Wildman–Crippen LogP) is 3.94.